The Balaban J connectivity index is 2.53. The van der Waals surface area contributed by atoms with Crippen molar-refractivity contribution in [2.45, 2.75) is 52.9 Å². The molecule has 0 saturated heterocycles. The molecule has 0 saturated carbocycles. The highest BCUT2D eigenvalue weighted by molar-refractivity contribution is 6.31. The highest BCUT2D eigenvalue weighted by Crippen LogP contribution is 2.18. The fourth-order valence-corrected chi connectivity index (χ4v) is 1.90. The van der Waals surface area contributed by atoms with E-state index >= 15 is 0 Å². The van der Waals surface area contributed by atoms with Crippen LogP contribution in [0, 0.1) is 5.92 Å². The summed E-state index contributed by atoms with van der Waals surface area (Å²) in [6, 6.07) is 7.84. The molecule has 2 nitrogen and oxygen atoms in total. The van der Waals surface area contributed by atoms with Crippen LogP contribution in [0.25, 0.3) is 0 Å². The Hall–Kier alpha value is -0.570. The quantitative estimate of drug-likeness (QED) is 0.842. The van der Waals surface area contributed by atoms with Gasteiger partial charge in [0.25, 0.3) is 0 Å². The van der Waals surface area contributed by atoms with Crippen molar-refractivity contribution in [3.05, 3.63) is 34.9 Å². The first kappa shape index (κ1) is 16.5. The van der Waals surface area contributed by atoms with Crippen LogP contribution in [0.3, 0.4) is 0 Å². The van der Waals surface area contributed by atoms with E-state index in [0.717, 1.165) is 17.1 Å². The highest BCUT2D eigenvalue weighted by Gasteiger charge is 2.18. The molecule has 1 N–H and O–H groups in total. The lowest BCUT2D eigenvalue weighted by molar-refractivity contribution is 0.00791. The average Bonchev–Trinajstić information content (AvgIpc) is 2.29. The van der Waals surface area contributed by atoms with Crippen molar-refractivity contribution in [3.63, 3.8) is 0 Å². The van der Waals surface area contributed by atoms with Gasteiger partial charge in [-0.2, -0.15) is 0 Å². The molecule has 0 radical (unpaired) electrons. The highest BCUT2D eigenvalue weighted by atomic mass is 35.5. The summed E-state index contributed by atoms with van der Waals surface area (Å²) < 4.78 is 6.02. The second-order valence-corrected chi connectivity index (χ2v) is 6.72. The molecule has 19 heavy (non-hydrogen) atoms. The second kappa shape index (κ2) is 7.28. The molecule has 1 rings (SSSR count). The van der Waals surface area contributed by atoms with Crippen molar-refractivity contribution in [2.75, 3.05) is 6.54 Å². The van der Waals surface area contributed by atoms with Gasteiger partial charge in [-0.1, -0.05) is 43.6 Å². The summed E-state index contributed by atoms with van der Waals surface area (Å²) in [5, 5.41) is 4.27. The zero-order chi connectivity index (χ0) is 14.5. The minimum atomic E-state index is 0.112. The standard InChI is InChI=1S/C16H26ClNO/c1-12(2)15(10-18-16(3,4)5)19-11-13-8-6-7-9-14(13)17/h6-9,12,15,18H,10-11H2,1-5H3. The Labute approximate surface area is 122 Å². The number of benzene rings is 1. The average molecular weight is 284 g/mol. The molecule has 1 aromatic carbocycles. The van der Waals surface area contributed by atoms with Gasteiger partial charge in [0.2, 0.25) is 0 Å². The first-order chi connectivity index (χ1) is 8.79. The van der Waals surface area contributed by atoms with E-state index in [1.54, 1.807) is 0 Å². The number of halogens is 1. The Morgan fingerprint density at radius 1 is 1.21 bits per heavy atom. The minimum absolute atomic E-state index is 0.112. The van der Waals surface area contributed by atoms with Crippen LogP contribution in [0.15, 0.2) is 24.3 Å². The van der Waals surface area contributed by atoms with Gasteiger partial charge in [-0.25, -0.2) is 0 Å². The van der Waals surface area contributed by atoms with Crippen molar-refractivity contribution in [3.8, 4) is 0 Å². The Bertz CT molecular complexity index is 385. The third-order valence-corrected chi connectivity index (χ3v) is 3.36. The van der Waals surface area contributed by atoms with E-state index in [4.69, 9.17) is 16.3 Å². The molecule has 1 unspecified atom stereocenters. The third-order valence-electron chi connectivity index (χ3n) is 2.99. The van der Waals surface area contributed by atoms with Crippen LogP contribution in [0.2, 0.25) is 5.02 Å². The molecule has 0 aliphatic rings. The lowest BCUT2D eigenvalue weighted by atomic mass is 10.0. The largest absolute Gasteiger partial charge is 0.372 e. The van der Waals surface area contributed by atoms with Gasteiger partial charge < -0.3 is 10.1 Å². The summed E-state index contributed by atoms with van der Waals surface area (Å²) in [6.07, 6.45) is 0.190. The summed E-state index contributed by atoms with van der Waals surface area (Å²) >= 11 is 6.14. The van der Waals surface area contributed by atoms with Crippen LogP contribution in [-0.2, 0) is 11.3 Å². The maximum atomic E-state index is 6.14. The van der Waals surface area contributed by atoms with Crippen LogP contribution in [0.5, 0.6) is 0 Å². The van der Waals surface area contributed by atoms with E-state index in [-0.39, 0.29) is 11.6 Å². The van der Waals surface area contributed by atoms with Gasteiger partial charge in [0.15, 0.2) is 0 Å². The van der Waals surface area contributed by atoms with Crippen LogP contribution < -0.4 is 5.32 Å². The lowest BCUT2D eigenvalue weighted by Gasteiger charge is -2.27. The predicted molar refractivity (Wildman–Crippen MR) is 82.6 cm³/mol. The number of nitrogens with one attached hydrogen (secondary N) is 1. The number of rotatable bonds is 6. The van der Waals surface area contributed by atoms with Crippen LogP contribution in [0.4, 0.5) is 0 Å². The zero-order valence-corrected chi connectivity index (χ0v) is 13.4. The summed E-state index contributed by atoms with van der Waals surface area (Å²) in [5.41, 5.74) is 1.16. The Morgan fingerprint density at radius 2 is 1.84 bits per heavy atom. The van der Waals surface area contributed by atoms with Gasteiger partial charge >= 0.3 is 0 Å². The number of hydrogen-bond donors (Lipinski definition) is 1. The van der Waals surface area contributed by atoms with Crippen molar-refractivity contribution < 1.29 is 4.74 Å². The summed E-state index contributed by atoms with van der Waals surface area (Å²) in [6.45, 7) is 12.3. The predicted octanol–water partition coefficient (Wildman–Crippen LogP) is 4.27. The molecular formula is C16H26ClNO. The van der Waals surface area contributed by atoms with Crippen LogP contribution in [0.1, 0.15) is 40.2 Å². The van der Waals surface area contributed by atoms with Crippen molar-refractivity contribution in [2.24, 2.45) is 5.92 Å². The van der Waals surface area contributed by atoms with Gasteiger partial charge in [0.05, 0.1) is 12.7 Å². The van der Waals surface area contributed by atoms with Crippen LogP contribution in [-0.4, -0.2) is 18.2 Å². The van der Waals surface area contributed by atoms with E-state index in [0.29, 0.717) is 12.5 Å². The molecule has 0 aliphatic carbocycles. The Morgan fingerprint density at radius 3 is 2.37 bits per heavy atom. The fraction of sp³-hybridized carbons (Fsp3) is 0.625. The molecule has 108 valence electrons. The monoisotopic (exact) mass is 283 g/mol. The van der Waals surface area contributed by atoms with Gasteiger partial charge in [-0.3, -0.25) is 0 Å². The summed E-state index contributed by atoms with van der Waals surface area (Å²) in [7, 11) is 0. The van der Waals surface area contributed by atoms with Gasteiger partial charge in [0, 0.05) is 17.1 Å². The van der Waals surface area contributed by atoms with E-state index in [9.17, 15) is 0 Å². The van der Waals surface area contributed by atoms with Crippen molar-refractivity contribution >= 4 is 11.6 Å². The van der Waals surface area contributed by atoms with Crippen molar-refractivity contribution in [1.29, 1.82) is 0 Å². The Kier molecular flexibility index (Phi) is 6.31. The van der Waals surface area contributed by atoms with Gasteiger partial charge in [0.1, 0.15) is 0 Å². The van der Waals surface area contributed by atoms with Gasteiger partial charge in [-0.05, 0) is 38.3 Å². The molecule has 0 amide bonds. The first-order valence-electron chi connectivity index (χ1n) is 6.89. The van der Waals surface area contributed by atoms with Crippen molar-refractivity contribution in [1.82, 2.24) is 5.32 Å². The maximum Gasteiger partial charge on any atom is 0.0735 e. The molecular weight excluding hydrogens is 258 g/mol. The first-order valence-corrected chi connectivity index (χ1v) is 7.27. The number of hydrogen-bond acceptors (Lipinski definition) is 2. The smallest absolute Gasteiger partial charge is 0.0735 e. The van der Waals surface area contributed by atoms with Gasteiger partial charge in [-0.15, -0.1) is 0 Å². The molecule has 1 atom stereocenters. The SMILES string of the molecule is CC(C)C(CNC(C)(C)C)OCc1ccccc1Cl. The van der Waals surface area contributed by atoms with Crippen LogP contribution >= 0.6 is 11.6 Å². The molecule has 0 heterocycles. The minimum Gasteiger partial charge on any atom is -0.372 e. The number of ether oxygens (including phenoxy) is 1. The maximum absolute atomic E-state index is 6.14. The second-order valence-electron chi connectivity index (χ2n) is 6.32. The molecule has 3 heteroatoms. The van der Waals surface area contributed by atoms with E-state index in [1.165, 1.54) is 0 Å². The zero-order valence-electron chi connectivity index (χ0n) is 12.7. The summed E-state index contributed by atoms with van der Waals surface area (Å²) in [4.78, 5) is 0. The topological polar surface area (TPSA) is 21.3 Å². The lowest BCUT2D eigenvalue weighted by Crippen LogP contribution is -2.43. The van der Waals surface area contributed by atoms with E-state index in [2.05, 4.69) is 39.9 Å². The molecule has 0 aliphatic heterocycles. The fourth-order valence-electron chi connectivity index (χ4n) is 1.71. The normalized spacial score (nSPS) is 13.8. The third kappa shape index (κ3) is 6.42. The molecule has 0 fully saturated rings. The van der Waals surface area contributed by atoms with E-state index in [1.807, 2.05) is 24.3 Å². The van der Waals surface area contributed by atoms with E-state index < -0.39 is 0 Å². The molecule has 0 bridgehead atoms. The molecule has 0 spiro atoms. The molecule has 1 aromatic rings. The summed E-state index contributed by atoms with van der Waals surface area (Å²) in [5.74, 6) is 0.470. The molecule has 0 aromatic heterocycles.